The van der Waals surface area contributed by atoms with Crippen molar-refractivity contribution >= 4 is 12.0 Å². The maximum Gasteiger partial charge on any atom is 0.408 e. The Labute approximate surface area is 155 Å². The molecule has 0 bridgehead atoms. The maximum absolute atomic E-state index is 12.8. The number of carbonyl (C=O) groups is 2. The maximum atomic E-state index is 12.8. The second kappa shape index (κ2) is 9.83. The quantitative estimate of drug-likeness (QED) is 0.788. The van der Waals surface area contributed by atoms with Crippen molar-refractivity contribution in [2.75, 3.05) is 32.7 Å². The topological polar surface area (TPSA) is 61.9 Å². The Hall–Kier alpha value is -2.52. The average molecular weight is 357 g/mol. The van der Waals surface area contributed by atoms with Crippen LogP contribution in [0.4, 0.5) is 4.79 Å². The molecule has 6 nitrogen and oxygen atoms in total. The number of alkyl carbamates (subject to hydrolysis) is 1. The lowest BCUT2D eigenvalue weighted by atomic mass is 10.0. The van der Waals surface area contributed by atoms with Gasteiger partial charge in [-0.1, -0.05) is 50.1 Å². The summed E-state index contributed by atoms with van der Waals surface area (Å²) in [6.45, 7) is 7.33. The van der Waals surface area contributed by atoms with Gasteiger partial charge in [0, 0.05) is 26.2 Å². The SMILES string of the molecule is C#CCN1CCN(C(=O)[C@@H](NC(=O)OCc2ccccc2)C(C)C)CC1. The van der Waals surface area contributed by atoms with Crippen molar-refractivity contribution < 1.29 is 14.3 Å². The van der Waals surface area contributed by atoms with Crippen molar-refractivity contribution in [2.45, 2.75) is 26.5 Å². The first-order chi connectivity index (χ1) is 12.5. The van der Waals surface area contributed by atoms with Gasteiger partial charge in [-0.15, -0.1) is 6.42 Å². The van der Waals surface area contributed by atoms with Crippen LogP contribution in [0, 0.1) is 18.3 Å². The highest BCUT2D eigenvalue weighted by molar-refractivity contribution is 5.86. The Kier molecular flexibility index (Phi) is 7.49. The molecule has 0 aromatic heterocycles. The highest BCUT2D eigenvalue weighted by Gasteiger charge is 2.30. The zero-order valence-electron chi connectivity index (χ0n) is 15.5. The van der Waals surface area contributed by atoms with Gasteiger partial charge in [0.05, 0.1) is 6.54 Å². The number of piperazine rings is 1. The Balaban J connectivity index is 1.86. The smallest absolute Gasteiger partial charge is 0.408 e. The van der Waals surface area contributed by atoms with E-state index in [0.717, 1.165) is 18.7 Å². The van der Waals surface area contributed by atoms with Crippen molar-refractivity contribution in [3.05, 3.63) is 35.9 Å². The number of hydrogen-bond acceptors (Lipinski definition) is 4. The van der Waals surface area contributed by atoms with Gasteiger partial charge in [-0.05, 0) is 11.5 Å². The summed E-state index contributed by atoms with van der Waals surface area (Å²) >= 11 is 0. The van der Waals surface area contributed by atoms with E-state index in [0.29, 0.717) is 19.6 Å². The van der Waals surface area contributed by atoms with Crippen LogP contribution >= 0.6 is 0 Å². The van der Waals surface area contributed by atoms with Gasteiger partial charge < -0.3 is 15.0 Å². The first-order valence-corrected chi connectivity index (χ1v) is 8.93. The normalized spacial score (nSPS) is 16.0. The lowest BCUT2D eigenvalue weighted by Crippen LogP contribution is -2.56. The second-order valence-corrected chi connectivity index (χ2v) is 6.73. The van der Waals surface area contributed by atoms with Crippen molar-refractivity contribution in [1.29, 1.82) is 0 Å². The minimum Gasteiger partial charge on any atom is -0.445 e. The van der Waals surface area contributed by atoms with E-state index in [1.165, 1.54) is 0 Å². The molecule has 6 heteroatoms. The summed E-state index contributed by atoms with van der Waals surface area (Å²) < 4.78 is 5.24. The summed E-state index contributed by atoms with van der Waals surface area (Å²) in [6.07, 6.45) is 4.76. The average Bonchev–Trinajstić information content (AvgIpc) is 2.65. The van der Waals surface area contributed by atoms with Crippen LogP contribution in [0.15, 0.2) is 30.3 Å². The number of rotatable bonds is 6. The van der Waals surface area contributed by atoms with E-state index in [9.17, 15) is 9.59 Å². The minimum atomic E-state index is -0.600. The number of benzene rings is 1. The van der Waals surface area contributed by atoms with E-state index in [-0.39, 0.29) is 18.4 Å². The summed E-state index contributed by atoms with van der Waals surface area (Å²) in [5.41, 5.74) is 0.903. The molecule has 1 heterocycles. The van der Waals surface area contributed by atoms with Gasteiger partial charge in [0.15, 0.2) is 0 Å². The molecule has 1 N–H and O–H groups in total. The first-order valence-electron chi connectivity index (χ1n) is 8.93. The molecule has 0 unspecified atom stereocenters. The summed E-state index contributed by atoms with van der Waals surface area (Å²) in [5, 5.41) is 2.72. The fraction of sp³-hybridized carbons (Fsp3) is 0.500. The molecule has 1 aromatic carbocycles. The molecular weight excluding hydrogens is 330 g/mol. The Morgan fingerprint density at radius 1 is 1.19 bits per heavy atom. The van der Waals surface area contributed by atoms with Crippen LogP contribution in [-0.4, -0.2) is 60.6 Å². The van der Waals surface area contributed by atoms with Crippen molar-refractivity contribution in [3.8, 4) is 12.3 Å². The number of carbonyl (C=O) groups excluding carboxylic acids is 2. The summed E-state index contributed by atoms with van der Waals surface area (Å²) in [4.78, 5) is 28.9. The van der Waals surface area contributed by atoms with Gasteiger partial charge >= 0.3 is 6.09 Å². The lowest BCUT2D eigenvalue weighted by molar-refractivity contribution is -0.136. The van der Waals surface area contributed by atoms with Crippen molar-refractivity contribution in [1.82, 2.24) is 15.1 Å². The van der Waals surface area contributed by atoms with Crippen LogP contribution in [0.1, 0.15) is 19.4 Å². The van der Waals surface area contributed by atoms with E-state index in [2.05, 4.69) is 16.1 Å². The zero-order chi connectivity index (χ0) is 18.9. The molecule has 1 atom stereocenters. The first kappa shape index (κ1) is 19.8. The standard InChI is InChI=1S/C20H27N3O3/c1-4-10-22-11-13-23(14-12-22)19(24)18(16(2)3)21-20(25)26-15-17-8-6-5-7-9-17/h1,5-9,16,18H,10-15H2,2-3H3,(H,21,25)/t18-/m0/s1. The van der Waals surface area contributed by atoms with E-state index in [4.69, 9.17) is 11.2 Å². The van der Waals surface area contributed by atoms with E-state index in [1.807, 2.05) is 44.2 Å². The van der Waals surface area contributed by atoms with Crippen LogP contribution in [0.25, 0.3) is 0 Å². The molecular formula is C20H27N3O3. The van der Waals surface area contributed by atoms with Crippen LogP contribution in [-0.2, 0) is 16.1 Å². The second-order valence-electron chi connectivity index (χ2n) is 6.73. The molecule has 140 valence electrons. The molecule has 0 aliphatic carbocycles. The number of hydrogen-bond donors (Lipinski definition) is 1. The molecule has 26 heavy (non-hydrogen) atoms. The van der Waals surface area contributed by atoms with Crippen LogP contribution < -0.4 is 5.32 Å². The molecule has 1 fully saturated rings. The number of nitrogens with one attached hydrogen (secondary N) is 1. The van der Waals surface area contributed by atoms with Crippen molar-refractivity contribution in [3.63, 3.8) is 0 Å². The van der Waals surface area contributed by atoms with E-state index >= 15 is 0 Å². The summed E-state index contributed by atoms with van der Waals surface area (Å²) in [5.74, 6) is 2.52. The van der Waals surface area contributed by atoms with E-state index in [1.54, 1.807) is 4.90 Å². The van der Waals surface area contributed by atoms with Gasteiger partial charge in [-0.3, -0.25) is 9.69 Å². The summed E-state index contributed by atoms with van der Waals surface area (Å²) in [6, 6.07) is 8.84. The highest BCUT2D eigenvalue weighted by atomic mass is 16.5. The summed E-state index contributed by atoms with van der Waals surface area (Å²) in [7, 11) is 0. The van der Waals surface area contributed by atoms with E-state index < -0.39 is 12.1 Å². The molecule has 2 amide bonds. The largest absolute Gasteiger partial charge is 0.445 e. The Bertz CT molecular complexity index is 631. The number of terminal acetylenes is 1. The third kappa shape index (κ3) is 5.78. The van der Waals surface area contributed by atoms with Crippen LogP contribution in [0.5, 0.6) is 0 Å². The fourth-order valence-corrected chi connectivity index (χ4v) is 2.86. The Morgan fingerprint density at radius 2 is 1.85 bits per heavy atom. The number of ether oxygens (including phenoxy) is 1. The molecule has 1 saturated heterocycles. The van der Waals surface area contributed by atoms with Crippen LogP contribution in [0.2, 0.25) is 0 Å². The number of nitrogens with zero attached hydrogens (tertiary/aromatic N) is 2. The third-order valence-corrected chi connectivity index (χ3v) is 4.42. The molecule has 0 saturated carbocycles. The van der Waals surface area contributed by atoms with Crippen LogP contribution in [0.3, 0.4) is 0 Å². The predicted molar refractivity (Wildman–Crippen MR) is 100 cm³/mol. The Morgan fingerprint density at radius 3 is 2.42 bits per heavy atom. The van der Waals surface area contributed by atoms with Gasteiger partial charge in [-0.2, -0.15) is 0 Å². The lowest BCUT2D eigenvalue weighted by Gasteiger charge is -2.36. The van der Waals surface area contributed by atoms with Crippen molar-refractivity contribution in [2.24, 2.45) is 5.92 Å². The van der Waals surface area contributed by atoms with Gasteiger partial charge in [0.25, 0.3) is 0 Å². The third-order valence-electron chi connectivity index (χ3n) is 4.42. The van der Waals surface area contributed by atoms with Gasteiger partial charge in [0.1, 0.15) is 12.6 Å². The molecule has 0 radical (unpaired) electrons. The molecule has 1 aromatic rings. The monoisotopic (exact) mass is 357 g/mol. The van der Waals surface area contributed by atoms with Gasteiger partial charge in [0.2, 0.25) is 5.91 Å². The fourth-order valence-electron chi connectivity index (χ4n) is 2.86. The predicted octanol–water partition coefficient (Wildman–Crippen LogP) is 1.71. The van der Waals surface area contributed by atoms with Gasteiger partial charge in [-0.25, -0.2) is 4.79 Å². The number of amides is 2. The molecule has 1 aliphatic rings. The molecule has 1 aliphatic heterocycles. The minimum absolute atomic E-state index is 0.0319. The highest BCUT2D eigenvalue weighted by Crippen LogP contribution is 2.10. The zero-order valence-corrected chi connectivity index (χ0v) is 15.5. The molecule has 0 spiro atoms. The molecule has 2 rings (SSSR count).